The summed E-state index contributed by atoms with van der Waals surface area (Å²) in [6, 6.07) is 7.84. The van der Waals surface area contributed by atoms with Crippen molar-refractivity contribution in [3.8, 4) is 5.75 Å². The van der Waals surface area contributed by atoms with Crippen LogP contribution in [0.5, 0.6) is 5.75 Å². The number of amidine groups is 1. The summed E-state index contributed by atoms with van der Waals surface area (Å²) in [6.07, 6.45) is 3.41. The van der Waals surface area contributed by atoms with E-state index < -0.39 is 5.72 Å². The number of aliphatic hydroxyl groups is 1. The Balaban J connectivity index is 1.92. The highest BCUT2D eigenvalue weighted by Gasteiger charge is 2.53. The maximum absolute atomic E-state index is 11.5. The van der Waals surface area contributed by atoms with Crippen molar-refractivity contribution in [1.29, 1.82) is 0 Å². The molecule has 1 aromatic carbocycles. The molecule has 1 unspecified atom stereocenters. The number of nitrogens with zero attached hydrogens (tertiary/aromatic N) is 2. The number of rotatable bonds is 5. The molecule has 120 valence electrons. The molecule has 0 fully saturated rings. The minimum Gasteiger partial charge on any atom is -0.497 e. The third-order valence-corrected chi connectivity index (χ3v) is 5.68. The van der Waals surface area contributed by atoms with Crippen LogP contribution in [0.3, 0.4) is 0 Å². The van der Waals surface area contributed by atoms with E-state index in [9.17, 15) is 5.11 Å². The average molecular weight is 321 g/mol. The van der Waals surface area contributed by atoms with E-state index in [1.807, 2.05) is 36.0 Å². The number of hydrogen-bond donors (Lipinski definition) is 1. The molecular formula is C17H25N2O2S+. The van der Waals surface area contributed by atoms with Gasteiger partial charge in [-0.05, 0) is 48.9 Å². The molecule has 1 atom stereocenters. The van der Waals surface area contributed by atoms with Gasteiger partial charge in [-0.25, -0.2) is 9.48 Å². The van der Waals surface area contributed by atoms with Crippen LogP contribution < -0.4 is 4.74 Å². The first kappa shape index (κ1) is 15.7. The summed E-state index contributed by atoms with van der Waals surface area (Å²) in [6.45, 7) is 4.80. The van der Waals surface area contributed by atoms with Gasteiger partial charge in [-0.2, -0.15) is 0 Å². The van der Waals surface area contributed by atoms with E-state index in [0.29, 0.717) is 6.54 Å². The van der Waals surface area contributed by atoms with Crippen molar-refractivity contribution in [2.24, 2.45) is 0 Å². The van der Waals surface area contributed by atoms with Gasteiger partial charge < -0.3 is 9.84 Å². The number of unbranched alkanes of at least 4 members (excludes halogenated alkanes) is 1. The largest absolute Gasteiger partial charge is 0.497 e. The molecule has 0 amide bonds. The topological polar surface area (TPSA) is 35.7 Å². The molecule has 0 radical (unpaired) electrons. The summed E-state index contributed by atoms with van der Waals surface area (Å²) >= 11 is 1.88. The Morgan fingerprint density at radius 2 is 2.14 bits per heavy atom. The summed E-state index contributed by atoms with van der Waals surface area (Å²) in [7, 11) is 1.67. The lowest BCUT2D eigenvalue weighted by molar-refractivity contribution is -0.532. The van der Waals surface area contributed by atoms with Crippen LogP contribution in [-0.4, -0.2) is 52.2 Å². The number of hydrogen-bond acceptors (Lipinski definition) is 4. The lowest BCUT2D eigenvalue weighted by Gasteiger charge is -2.28. The maximum atomic E-state index is 11.5. The van der Waals surface area contributed by atoms with Crippen molar-refractivity contribution in [2.45, 2.75) is 31.9 Å². The number of ether oxygens (including phenoxy) is 1. The van der Waals surface area contributed by atoms with Crippen molar-refractivity contribution in [2.75, 3.05) is 32.5 Å². The van der Waals surface area contributed by atoms with E-state index in [0.717, 1.165) is 43.0 Å². The summed E-state index contributed by atoms with van der Waals surface area (Å²) < 4.78 is 7.58. The lowest BCUT2D eigenvalue weighted by Crippen LogP contribution is -2.46. The van der Waals surface area contributed by atoms with Crippen LogP contribution in [0.2, 0.25) is 0 Å². The first-order valence-corrected chi connectivity index (χ1v) is 9.07. The number of benzene rings is 1. The van der Waals surface area contributed by atoms with E-state index in [1.165, 1.54) is 11.6 Å². The summed E-state index contributed by atoms with van der Waals surface area (Å²) in [4.78, 5) is 2.21. The Bertz CT molecular complexity index is 558. The minimum absolute atomic E-state index is 0.658. The lowest BCUT2D eigenvalue weighted by atomic mass is 10.0. The monoisotopic (exact) mass is 321 g/mol. The van der Waals surface area contributed by atoms with E-state index in [-0.39, 0.29) is 0 Å². The molecule has 2 aliphatic heterocycles. The minimum atomic E-state index is -0.923. The van der Waals surface area contributed by atoms with Gasteiger partial charge in [0.05, 0.1) is 20.2 Å². The zero-order valence-corrected chi connectivity index (χ0v) is 14.2. The Kier molecular flexibility index (Phi) is 4.64. The second-order valence-electron chi connectivity index (χ2n) is 5.96. The van der Waals surface area contributed by atoms with Crippen LogP contribution in [-0.2, 0) is 5.72 Å². The summed E-state index contributed by atoms with van der Waals surface area (Å²) in [5, 5.41) is 12.7. The predicted molar refractivity (Wildman–Crippen MR) is 90.6 cm³/mol. The molecule has 3 rings (SSSR count). The predicted octanol–water partition coefficient (Wildman–Crippen LogP) is 2.46. The van der Waals surface area contributed by atoms with Crippen molar-refractivity contribution in [1.82, 2.24) is 4.90 Å². The molecule has 1 N–H and O–H groups in total. The average Bonchev–Trinajstić information content (AvgIpc) is 2.85. The highest BCUT2D eigenvalue weighted by atomic mass is 32.2. The molecule has 1 aromatic rings. The molecule has 0 saturated heterocycles. The smallest absolute Gasteiger partial charge is 0.311 e. The van der Waals surface area contributed by atoms with Gasteiger partial charge in [0.25, 0.3) is 5.72 Å². The van der Waals surface area contributed by atoms with Crippen LogP contribution in [0.25, 0.3) is 0 Å². The van der Waals surface area contributed by atoms with Crippen LogP contribution >= 0.6 is 11.8 Å². The molecule has 0 aliphatic carbocycles. The first-order chi connectivity index (χ1) is 10.7. The molecule has 0 bridgehead atoms. The van der Waals surface area contributed by atoms with Crippen molar-refractivity contribution in [3.63, 3.8) is 0 Å². The van der Waals surface area contributed by atoms with Gasteiger partial charge in [-0.1, -0.05) is 13.3 Å². The first-order valence-electron chi connectivity index (χ1n) is 8.08. The third-order valence-electron chi connectivity index (χ3n) is 4.45. The van der Waals surface area contributed by atoms with Crippen LogP contribution in [0, 0.1) is 0 Å². The second kappa shape index (κ2) is 6.50. The Hall–Kier alpha value is -1.20. The molecule has 2 heterocycles. The Morgan fingerprint density at radius 1 is 1.36 bits per heavy atom. The Morgan fingerprint density at radius 3 is 2.82 bits per heavy atom. The zero-order valence-electron chi connectivity index (χ0n) is 13.4. The van der Waals surface area contributed by atoms with Gasteiger partial charge in [0.1, 0.15) is 5.75 Å². The molecule has 2 aliphatic rings. The number of thioether (sulfide) groups is 1. The van der Waals surface area contributed by atoms with Crippen molar-refractivity contribution < 1.29 is 14.4 Å². The fourth-order valence-corrected chi connectivity index (χ4v) is 4.41. The van der Waals surface area contributed by atoms with Crippen LogP contribution in [0.15, 0.2) is 24.3 Å². The molecule has 4 nitrogen and oxygen atoms in total. The fraction of sp³-hybridized carbons (Fsp3) is 0.588. The highest BCUT2D eigenvalue weighted by molar-refractivity contribution is 8.13. The van der Waals surface area contributed by atoms with Gasteiger partial charge in [-0.15, -0.1) is 0 Å². The Labute approximate surface area is 136 Å². The van der Waals surface area contributed by atoms with Gasteiger partial charge in [0.2, 0.25) is 0 Å². The standard InChI is InChI=1S/C17H25N2O2S/c1-3-4-11-19-16-18(10-5-12-22-16)13-17(19,20)14-6-8-15(21-2)9-7-14/h6-9,20H,3-5,10-13H2,1-2H3/q+1. The van der Waals surface area contributed by atoms with Crippen LogP contribution in [0.4, 0.5) is 0 Å². The zero-order chi connectivity index (χ0) is 15.6. The van der Waals surface area contributed by atoms with Gasteiger partial charge in [-0.3, -0.25) is 0 Å². The van der Waals surface area contributed by atoms with Crippen LogP contribution in [0.1, 0.15) is 31.7 Å². The third kappa shape index (κ3) is 2.72. The van der Waals surface area contributed by atoms with Gasteiger partial charge in [0.15, 0.2) is 6.54 Å². The summed E-state index contributed by atoms with van der Waals surface area (Å²) in [5.74, 6) is 1.97. The summed E-state index contributed by atoms with van der Waals surface area (Å²) in [5.41, 5.74) is 0.0283. The molecular weight excluding hydrogens is 296 g/mol. The number of methoxy groups -OCH3 is 1. The quantitative estimate of drug-likeness (QED) is 0.845. The maximum Gasteiger partial charge on any atom is 0.311 e. The normalized spacial score (nSPS) is 24.6. The highest BCUT2D eigenvalue weighted by Crippen LogP contribution is 2.36. The van der Waals surface area contributed by atoms with Gasteiger partial charge >= 0.3 is 5.17 Å². The molecule has 5 heteroatoms. The molecule has 0 aromatic heterocycles. The van der Waals surface area contributed by atoms with E-state index in [4.69, 9.17) is 4.74 Å². The fourth-order valence-electron chi connectivity index (χ4n) is 3.21. The van der Waals surface area contributed by atoms with Crippen molar-refractivity contribution >= 4 is 16.9 Å². The van der Waals surface area contributed by atoms with E-state index >= 15 is 0 Å². The van der Waals surface area contributed by atoms with E-state index in [1.54, 1.807) is 7.11 Å². The van der Waals surface area contributed by atoms with Crippen molar-refractivity contribution in [3.05, 3.63) is 29.8 Å². The van der Waals surface area contributed by atoms with E-state index in [2.05, 4.69) is 16.4 Å². The molecule has 22 heavy (non-hydrogen) atoms. The second-order valence-corrected chi connectivity index (χ2v) is 7.02. The molecule has 0 saturated carbocycles. The SMILES string of the molecule is CCCCN1C2=[N+](CCCS2)CC1(O)c1ccc(OC)cc1. The van der Waals surface area contributed by atoms with Gasteiger partial charge in [0, 0.05) is 11.3 Å². The molecule has 0 spiro atoms.